The minimum atomic E-state index is -0.343. The smallest absolute Gasteiger partial charge is 0.136 e. The van der Waals surface area contributed by atoms with Gasteiger partial charge in [0.2, 0.25) is 0 Å². The largest absolute Gasteiger partial charge is 0.490 e. The first-order valence-corrected chi connectivity index (χ1v) is 6.52. The zero-order valence-corrected chi connectivity index (χ0v) is 11.6. The molecule has 0 radical (unpaired) electrons. The van der Waals surface area contributed by atoms with Crippen molar-refractivity contribution in [3.8, 4) is 5.75 Å². The SMILES string of the molecule is Fc1ccc(NCCOc2cc(F)ccc2Br)cc1. The highest BCUT2D eigenvalue weighted by Gasteiger charge is 2.02. The van der Waals surface area contributed by atoms with Crippen molar-refractivity contribution in [2.45, 2.75) is 0 Å². The maximum Gasteiger partial charge on any atom is 0.136 e. The van der Waals surface area contributed by atoms with Crippen molar-refractivity contribution in [1.29, 1.82) is 0 Å². The maximum absolute atomic E-state index is 13.0. The number of halogens is 3. The number of anilines is 1. The number of hydrogen-bond donors (Lipinski definition) is 1. The molecule has 0 bridgehead atoms. The number of nitrogens with one attached hydrogen (secondary N) is 1. The zero-order chi connectivity index (χ0) is 13.7. The van der Waals surface area contributed by atoms with Crippen molar-refractivity contribution < 1.29 is 13.5 Å². The molecule has 0 saturated heterocycles. The van der Waals surface area contributed by atoms with E-state index in [9.17, 15) is 8.78 Å². The first-order chi connectivity index (χ1) is 9.15. The van der Waals surface area contributed by atoms with Gasteiger partial charge in [0.1, 0.15) is 24.0 Å². The lowest BCUT2D eigenvalue weighted by molar-refractivity contribution is 0.329. The quantitative estimate of drug-likeness (QED) is 0.830. The van der Waals surface area contributed by atoms with Gasteiger partial charge in [-0.15, -0.1) is 0 Å². The normalized spacial score (nSPS) is 10.3. The summed E-state index contributed by atoms with van der Waals surface area (Å²) < 4.78 is 31.8. The Kier molecular flexibility index (Phi) is 4.74. The van der Waals surface area contributed by atoms with Gasteiger partial charge in [0, 0.05) is 18.3 Å². The van der Waals surface area contributed by atoms with Crippen LogP contribution in [0.5, 0.6) is 5.75 Å². The van der Waals surface area contributed by atoms with Crippen LogP contribution in [0.4, 0.5) is 14.5 Å². The summed E-state index contributed by atoms with van der Waals surface area (Å²) in [6, 6.07) is 10.3. The summed E-state index contributed by atoms with van der Waals surface area (Å²) in [5.41, 5.74) is 0.809. The molecule has 0 spiro atoms. The molecule has 1 N–H and O–H groups in total. The summed E-state index contributed by atoms with van der Waals surface area (Å²) in [5, 5.41) is 3.08. The Bertz CT molecular complexity index is 546. The molecule has 0 aliphatic heterocycles. The summed E-state index contributed by atoms with van der Waals surface area (Å²) in [6.45, 7) is 0.911. The van der Waals surface area contributed by atoms with E-state index in [-0.39, 0.29) is 11.6 Å². The molecule has 2 nitrogen and oxygen atoms in total. The van der Waals surface area contributed by atoms with Crippen LogP contribution in [0.2, 0.25) is 0 Å². The van der Waals surface area contributed by atoms with E-state index < -0.39 is 0 Å². The van der Waals surface area contributed by atoms with Crippen LogP contribution >= 0.6 is 15.9 Å². The first-order valence-electron chi connectivity index (χ1n) is 5.72. The second kappa shape index (κ2) is 6.52. The van der Waals surface area contributed by atoms with Crippen molar-refractivity contribution in [2.24, 2.45) is 0 Å². The lowest BCUT2D eigenvalue weighted by atomic mass is 10.3. The molecule has 100 valence electrons. The molecule has 5 heteroatoms. The minimum Gasteiger partial charge on any atom is -0.490 e. The van der Waals surface area contributed by atoms with E-state index in [0.29, 0.717) is 23.4 Å². The standard InChI is InChI=1S/C14H12BrF2NO/c15-13-6-3-11(17)9-14(13)19-8-7-18-12-4-1-10(16)2-5-12/h1-6,9,18H,7-8H2. The maximum atomic E-state index is 13.0. The fraction of sp³-hybridized carbons (Fsp3) is 0.143. The molecule has 0 unspecified atom stereocenters. The van der Waals surface area contributed by atoms with E-state index in [4.69, 9.17) is 4.74 Å². The summed E-state index contributed by atoms with van der Waals surface area (Å²) in [7, 11) is 0. The summed E-state index contributed by atoms with van der Waals surface area (Å²) in [5.74, 6) is -0.156. The van der Waals surface area contributed by atoms with Crippen LogP contribution in [0, 0.1) is 11.6 Å². The third-order valence-electron chi connectivity index (χ3n) is 2.43. The molecule has 2 aromatic rings. The molecule has 0 aromatic heterocycles. The summed E-state index contributed by atoms with van der Waals surface area (Å²) in [4.78, 5) is 0. The van der Waals surface area contributed by atoms with E-state index in [1.807, 2.05) is 0 Å². The Hall–Kier alpha value is -1.62. The Labute approximate surface area is 118 Å². The van der Waals surface area contributed by atoms with Crippen molar-refractivity contribution in [2.75, 3.05) is 18.5 Å². The monoisotopic (exact) mass is 327 g/mol. The van der Waals surface area contributed by atoms with Crippen LogP contribution < -0.4 is 10.1 Å². The molecular formula is C14H12BrF2NO. The Balaban J connectivity index is 1.80. The number of benzene rings is 2. The Morgan fingerprint density at radius 2 is 1.68 bits per heavy atom. The van der Waals surface area contributed by atoms with Gasteiger partial charge < -0.3 is 10.1 Å². The van der Waals surface area contributed by atoms with Crippen molar-refractivity contribution >= 4 is 21.6 Å². The van der Waals surface area contributed by atoms with Gasteiger partial charge in [0.15, 0.2) is 0 Å². The van der Waals surface area contributed by atoms with Gasteiger partial charge in [-0.05, 0) is 52.3 Å². The summed E-state index contributed by atoms with van der Waals surface area (Å²) >= 11 is 3.28. The van der Waals surface area contributed by atoms with E-state index >= 15 is 0 Å². The number of hydrogen-bond acceptors (Lipinski definition) is 2. The lowest BCUT2D eigenvalue weighted by Crippen LogP contribution is -2.11. The van der Waals surface area contributed by atoms with Gasteiger partial charge in [0.05, 0.1) is 4.47 Å². The van der Waals surface area contributed by atoms with E-state index in [1.54, 1.807) is 18.2 Å². The van der Waals surface area contributed by atoms with Gasteiger partial charge in [-0.1, -0.05) is 0 Å². The van der Waals surface area contributed by atoms with Crippen LogP contribution in [0.15, 0.2) is 46.9 Å². The topological polar surface area (TPSA) is 21.3 Å². The second-order valence-corrected chi connectivity index (χ2v) is 4.71. The van der Waals surface area contributed by atoms with Gasteiger partial charge in [-0.3, -0.25) is 0 Å². The molecule has 0 aliphatic rings. The zero-order valence-electron chi connectivity index (χ0n) is 10.00. The van der Waals surface area contributed by atoms with Gasteiger partial charge in [0.25, 0.3) is 0 Å². The molecule has 0 fully saturated rings. The van der Waals surface area contributed by atoms with Gasteiger partial charge >= 0.3 is 0 Å². The highest BCUT2D eigenvalue weighted by molar-refractivity contribution is 9.10. The predicted octanol–water partition coefficient (Wildman–Crippen LogP) is 4.22. The minimum absolute atomic E-state index is 0.273. The van der Waals surface area contributed by atoms with Crippen LogP contribution in [0.25, 0.3) is 0 Å². The third kappa shape index (κ3) is 4.21. The van der Waals surface area contributed by atoms with E-state index in [1.165, 1.54) is 24.3 Å². The Morgan fingerprint density at radius 1 is 1.00 bits per heavy atom. The molecular weight excluding hydrogens is 316 g/mol. The van der Waals surface area contributed by atoms with Crippen LogP contribution in [-0.2, 0) is 0 Å². The van der Waals surface area contributed by atoms with Crippen molar-refractivity contribution in [1.82, 2.24) is 0 Å². The molecule has 2 rings (SSSR count). The molecule has 2 aromatic carbocycles. The first kappa shape index (κ1) is 13.8. The molecule has 19 heavy (non-hydrogen) atoms. The average molecular weight is 328 g/mol. The van der Waals surface area contributed by atoms with E-state index in [0.717, 1.165) is 5.69 Å². The summed E-state index contributed by atoms with van der Waals surface area (Å²) in [6.07, 6.45) is 0. The fourth-order valence-electron chi connectivity index (χ4n) is 1.51. The van der Waals surface area contributed by atoms with Crippen LogP contribution in [-0.4, -0.2) is 13.2 Å². The fourth-order valence-corrected chi connectivity index (χ4v) is 1.87. The number of ether oxygens (including phenoxy) is 1. The lowest BCUT2D eigenvalue weighted by Gasteiger charge is -2.10. The van der Waals surface area contributed by atoms with E-state index in [2.05, 4.69) is 21.2 Å². The molecule has 0 heterocycles. The average Bonchev–Trinajstić information content (AvgIpc) is 2.40. The van der Waals surface area contributed by atoms with Crippen LogP contribution in [0.3, 0.4) is 0 Å². The molecule has 0 amide bonds. The highest BCUT2D eigenvalue weighted by atomic mass is 79.9. The van der Waals surface area contributed by atoms with Crippen LogP contribution in [0.1, 0.15) is 0 Å². The molecule has 0 atom stereocenters. The highest BCUT2D eigenvalue weighted by Crippen LogP contribution is 2.25. The Morgan fingerprint density at radius 3 is 2.42 bits per heavy atom. The number of rotatable bonds is 5. The van der Waals surface area contributed by atoms with Crippen molar-refractivity contribution in [3.63, 3.8) is 0 Å². The molecule has 0 aliphatic carbocycles. The van der Waals surface area contributed by atoms with Gasteiger partial charge in [-0.25, -0.2) is 8.78 Å². The predicted molar refractivity (Wildman–Crippen MR) is 74.5 cm³/mol. The van der Waals surface area contributed by atoms with Gasteiger partial charge in [-0.2, -0.15) is 0 Å². The third-order valence-corrected chi connectivity index (χ3v) is 3.08. The molecule has 0 saturated carbocycles. The second-order valence-electron chi connectivity index (χ2n) is 3.86. The van der Waals surface area contributed by atoms with Crippen molar-refractivity contribution in [3.05, 3.63) is 58.6 Å².